The van der Waals surface area contributed by atoms with Gasteiger partial charge >= 0.3 is 0 Å². The fourth-order valence-electron chi connectivity index (χ4n) is 1.75. The molecule has 0 aliphatic rings. The molecule has 0 heterocycles. The van der Waals surface area contributed by atoms with E-state index in [0.29, 0.717) is 13.1 Å². The zero-order valence-corrected chi connectivity index (χ0v) is 12.7. The van der Waals surface area contributed by atoms with E-state index >= 15 is 0 Å². The highest BCUT2D eigenvalue weighted by molar-refractivity contribution is 5.77. The van der Waals surface area contributed by atoms with Gasteiger partial charge in [0.2, 0.25) is 0 Å². The second-order valence-corrected chi connectivity index (χ2v) is 5.91. The molecule has 4 heteroatoms. The molecule has 1 rings (SSSR count). The predicted molar refractivity (Wildman–Crippen MR) is 81.9 cm³/mol. The summed E-state index contributed by atoms with van der Waals surface area (Å²) in [5.41, 5.74) is 6.76. The monoisotopic (exact) mass is 278 g/mol. The Morgan fingerprint density at radius 2 is 1.85 bits per heavy atom. The fourth-order valence-corrected chi connectivity index (χ4v) is 1.75. The molecule has 112 valence electrons. The van der Waals surface area contributed by atoms with E-state index in [1.54, 1.807) is 0 Å². The molecule has 0 saturated carbocycles. The van der Waals surface area contributed by atoms with E-state index in [2.05, 4.69) is 26.1 Å². The van der Waals surface area contributed by atoms with Crippen molar-refractivity contribution in [2.45, 2.75) is 39.0 Å². The molecule has 20 heavy (non-hydrogen) atoms. The van der Waals surface area contributed by atoms with Gasteiger partial charge in [0.25, 0.3) is 5.91 Å². The Hall–Kier alpha value is -1.55. The predicted octanol–water partition coefficient (Wildman–Crippen LogP) is 2.22. The number of nitrogens with one attached hydrogen (secondary N) is 1. The van der Waals surface area contributed by atoms with Crippen LogP contribution in [-0.2, 0) is 10.2 Å². The highest BCUT2D eigenvalue weighted by atomic mass is 16.5. The third kappa shape index (κ3) is 6.06. The van der Waals surface area contributed by atoms with Crippen molar-refractivity contribution < 1.29 is 9.53 Å². The summed E-state index contributed by atoms with van der Waals surface area (Å²) < 4.78 is 5.46. The van der Waals surface area contributed by atoms with Crippen molar-refractivity contribution in [3.8, 4) is 5.75 Å². The van der Waals surface area contributed by atoms with Gasteiger partial charge in [-0.25, -0.2) is 0 Å². The number of hydrogen-bond donors (Lipinski definition) is 2. The molecule has 0 spiro atoms. The normalized spacial score (nSPS) is 11.2. The van der Waals surface area contributed by atoms with Gasteiger partial charge in [-0.15, -0.1) is 0 Å². The zero-order valence-electron chi connectivity index (χ0n) is 12.7. The number of hydrogen-bond acceptors (Lipinski definition) is 3. The Morgan fingerprint density at radius 3 is 2.40 bits per heavy atom. The lowest BCUT2D eigenvalue weighted by Gasteiger charge is -2.19. The van der Waals surface area contributed by atoms with Crippen LogP contribution in [0.4, 0.5) is 0 Å². The van der Waals surface area contributed by atoms with Crippen LogP contribution < -0.4 is 15.8 Å². The first-order valence-corrected chi connectivity index (χ1v) is 7.13. The molecule has 0 atom stereocenters. The summed E-state index contributed by atoms with van der Waals surface area (Å²) in [4.78, 5) is 11.5. The number of amides is 1. The van der Waals surface area contributed by atoms with Gasteiger partial charge in [0, 0.05) is 6.54 Å². The molecule has 0 bridgehead atoms. The zero-order chi connectivity index (χ0) is 15.0. The van der Waals surface area contributed by atoms with Crippen molar-refractivity contribution in [2.24, 2.45) is 5.73 Å². The van der Waals surface area contributed by atoms with Crippen LogP contribution in [0.25, 0.3) is 0 Å². The lowest BCUT2D eigenvalue weighted by atomic mass is 9.87. The maximum absolute atomic E-state index is 11.5. The van der Waals surface area contributed by atoms with Gasteiger partial charge in [-0.3, -0.25) is 4.79 Å². The third-order valence-corrected chi connectivity index (χ3v) is 3.04. The van der Waals surface area contributed by atoms with Crippen LogP contribution in [0.1, 0.15) is 39.2 Å². The van der Waals surface area contributed by atoms with Crippen LogP contribution in [0.2, 0.25) is 0 Å². The van der Waals surface area contributed by atoms with Crippen LogP contribution in [0.15, 0.2) is 24.3 Å². The van der Waals surface area contributed by atoms with Crippen LogP contribution >= 0.6 is 0 Å². The van der Waals surface area contributed by atoms with Crippen molar-refractivity contribution in [2.75, 3.05) is 19.7 Å². The Morgan fingerprint density at radius 1 is 1.20 bits per heavy atom. The molecule has 0 aliphatic heterocycles. The van der Waals surface area contributed by atoms with Crippen LogP contribution in [0, 0.1) is 0 Å². The highest BCUT2D eigenvalue weighted by Gasteiger charge is 2.13. The minimum absolute atomic E-state index is 0.0531. The summed E-state index contributed by atoms with van der Waals surface area (Å²) in [5.74, 6) is 0.622. The molecule has 0 fully saturated rings. The summed E-state index contributed by atoms with van der Waals surface area (Å²) in [6.45, 7) is 7.86. The number of ether oxygens (including phenoxy) is 1. The largest absolute Gasteiger partial charge is 0.484 e. The second kappa shape index (κ2) is 7.90. The number of carbonyl (C=O) groups excluding carboxylic acids is 1. The fraction of sp³-hybridized carbons (Fsp3) is 0.562. The first-order chi connectivity index (χ1) is 9.43. The molecule has 1 amide bonds. The van der Waals surface area contributed by atoms with Crippen LogP contribution in [0.5, 0.6) is 5.75 Å². The van der Waals surface area contributed by atoms with Crippen molar-refractivity contribution in [3.63, 3.8) is 0 Å². The minimum atomic E-state index is -0.0954. The van der Waals surface area contributed by atoms with Gasteiger partial charge in [0.1, 0.15) is 5.75 Å². The second-order valence-electron chi connectivity index (χ2n) is 5.91. The summed E-state index contributed by atoms with van der Waals surface area (Å²) in [6.07, 6.45) is 1.83. The van der Waals surface area contributed by atoms with E-state index in [1.807, 2.05) is 24.3 Å². The topological polar surface area (TPSA) is 64.3 Å². The Labute approximate surface area is 121 Å². The quantitative estimate of drug-likeness (QED) is 0.752. The Kier molecular flexibility index (Phi) is 6.52. The molecule has 1 aromatic rings. The van der Waals surface area contributed by atoms with Crippen molar-refractivity contribution in [1.82, 2.24) is 5.32 Å². The lowest BCUT2D eigenvalue weighted by Crippen LogP contribution is -2.29. The maximum atomic E-state index is 11.5. The molecule has 0 aromatic heterocycles. The molecule has 0 saturated heterocycles. The summed E-state index contributed by atoms with van der Waals surface area (Å²) >= 11 is 0. The van der Waals surface area contributed by atoms with E-state index in [9.17, 15) is 4.79 Å². The van der Waals surface area contributed by atoms with E-state index in [-0.39, 0.29) is 17.9 Å². The van der Waals surface area contributed by atoms with E-state index < -0.39 is 0 Å². The van der Waals surface area contributed by atoms with Gasteiger partial charge in [-0.2, -0.15) is 0 Å². The van der Waals surface area contributed by atoms with Crippen LogP contribution in [0.3, 0.4) is 0 Å². The van der Waals surface area contributed by atoms with Crippen LogP contribution in [-0.4, -0.2) is 25.6 Å². The van der Waals surface area contributed by atoms with E-state index in [1.165, 1.54) is 5.56 Å². The van der Waals surface area contributed by atoms with Crippen molar-refractivity contribution in [3.05, 3.63) is 29.8 Å². The molecule has 0 aliphatic carbocycles. The molecular weight excluding hydrogens is 252 g/mol. The van der Waals surface area contributed by atoms with Gasteiger partial charge < -0.3 is 15.8 Å². The molecule has 4 nitrogen and oxygen atoms in total. The standard InChI is InChI=1S/C16H26N2O2/c1-16(2,3)13-6-8-14(9-7-13)20-12-15(19)18-11-5-4-10-17/h6-9H,4-5,10-12,17H2,1-3H3,(H,18,19). The number of carbonyl (C=O) groups is 1. The first-order valence-electron chi connectivity index (χ1n) is 7.13. The maximum Gasteiger partial charge on any atom is 0.257 e. The minimum Gasteiger partial charge on any atom is -0.484 e. The molecular formula is C16H26N2O2. The van der Waals surface area contributed by atoms with Gasteiger partial charge in [0.05, 0.1) is 0 Å². The SMILES string of the molecule is CC(C)(C)c1ccc(OCC(=O)NCCCCN)cc1. The smallest absolute Gasteiger partial charge is 0.257 e. The third-order valence-electron chi connectivity index (χ3n) is 3.04. The summed E-state index contributed by atoms with van der Waals surface area (Å²) in [5, 5.41) is 2.80. The number of rotatable bonds is 7. The Balaban J connectivity index is 2.33. The van der Waals surface area contributed by atoms with Gasteiger partial charge in [-0.05, 0) is 42.5 Å². The van der Waals surface area contributed by atoms with Crippen molar-refractivity contribution in [1.29, 1.82) is 0 Å². The number of unbranched alkanes of at least 4 members (excludes halogenated alkanes) is 1. The number of nitrogens with two attached hydrogens (primary N) is 1. The number of benzene rings is 1. The molecule has 0 radical (unpaired) electrons. The van der Waals surface area contributed by atoms with Crippen molar-refractivity contribution >= 4 is 5.91 Å². The average molecular weight is 278 g/mol. The Bertz CT molecular complexity index is 407. The lowest BCUT2D eigenvalue weighted by molar-refractivity contribution is -0.123. The van der Waals surface area contributed by atoms with Gasteiger partial charge in [-0.1, -0.05) is 32.9 Å². The molecule has 3 N–H and O–H groups in total. The first kappa shape index (κ1) is 16.5. The van der Waals surface area contributed by atoms with Gasteiger partial charge in [0.15, 0.2) is 6.61 Å². The average Bonchev–Trinajstić information content (AvgIpc) is 2.41. The van der Waals surface area contributed by atoms with E-state index in [4.69, 9.17) is 10.5 Å². The molecule has 0 unspecified atom stereocenters. The summed E-state index contributed by atoms with van der Waals surface area (Å²) in [7, 11) is 0. The molecule has 1 aromatic carbocycles. The van der Waals surface area contributed by atoms with E-state index in [0.717, 1.165) is 18.6 Å². The summed E-state index contributed by atoms with van der Waals surface area (Å²) in [6, 6.07) is 7.88. The highest BCUT2D eigenvalue weighted by Crippen LogP contribution is 2.24.